The van der Waals surface area contributed by atoms with Gasteiger partial charge in [0, 0.05) is 45.8 Å². The van der Waals surface area contributed by atoms with Crippen LogP contribution in [0.5, 0.6) is 0 Å². The van der Waals surface area contributed by atoms with Crippen LogP contribution < -0.4 is 5.32 Å². The highest BCUT2D eigenvalue weighted by Crippen LogP contribution is 2.23. The van der Waals surface area contributed by atoms with Crippen LogP contribution in [0.1, 0.15) is 18.5 Å². The molecule has 0 spiro atoms. The average molecular weight is 407 g/mol. The Kier molecular flexibility index (Phi) is 9.82. The van der Waals surface area contributed by atoms with Crippen LogP contribution in [0.3, 0.4) is 0 Å². The van der Waals surface area contributed by atoms with Gasteiger partial charge in [0.2, 0.25) is 5.91 Å². The highest BCUT2D eigenvalue weighted by Gasteiger charge is 2.29. The molecule has 148 valence electrons. The largest absolute Gasteiger partial charge is 0.332 e. The molecule has 1 amide bonds. The second kappa shape index (κ2) is 11.0. The van der Waals surface area contributed by atoms with Crippen LogP contribution in [0.4, 0.5) is 4.39 Å². The number of carbonyl (C=O) groups is 1. The van der Waals surface area contributed by atoms with Crippen molar-refractivity contribution in [3.8, 4) is 0 Å². The number of hydrogen-bond donors (Lipinski definition) is 1. The standard InChI is InChI=1S/C18H27FN4O.2ClH/c1-2-21-8-10-22(11-9-21)14-18(24)23-7-6-20-13-17(23)15-4-3-5-16(19)12-15;;/h3-5,12,17,20H,2,6-11,13-14H2,1H3;2*1H. The number of nitrogens with zero attached hydrogens (tertiary/aromatic N) is 3. The summed E-state index contributed by atoms with van der Waals surface area (Å²) >= 11 is 0. The number of halogens is 3. The lowest BCUT2D eigenvalue weighted by molar-refractivity contribution is -0.136. The summed E-state index contributed by atoms with van der Waals surface area (Å²) < 4.78 is 13.6. The predicted molar refractivity (Wildman–Crippen MR) is 107 cm³/mol. The molecule has 1 aromatic rings. The second-order valence-electron chi connectivity index (χ2n) is 6.57. The first-order chi connectivity index (χ1) is 11.7. The molecule has 0 aliphatic carbocycles. The number of piperazine rings is 2. The number of rotatable bonds is 4. The molecule has 2 aliphatic rings. The lowest BCUT2D eigenvalue weighted by Gasteiger charge is -2.39. The fourth-order valence-corrected chi connectivity index (χ4v) is 3.56. The second-order valence-corrected chi connectivity index (χ2v) is 6.57. The number of likely N-dealkylation sites (N-methyl/N-ethyl adjacent to an activating group) is 1. The maximum atomic E-state index is 13.6. The van der Waals surface area contributed by atoms with Gasteiger partial charge in [-0.25, -0.2) is 4.39 Å². The molecular formula is C18H29Cl2FN4O. The molecule has 2 aliphatic heterocycles. The number of benzene rings is 1. The Morgan fingerprint density at radius 3 is 2.50 bits per heavy atom. The third-order valence-electron chi connectivity index (χ3n) is 5.07. The molecule has 3 rings (SSSR count). The molecule has 2 fully saturated rings. The molecule has 0 radical (unpaired) electrons. The Morgan fingerprint density at radius 1 is 1.15 bits per heavy atom. The van der Waals surface area contributed by atoms with Crippen LogP contribution in [0.25, 0.3) is 0 Å². The maximum Gasteiger partial charge on any atom is 0.237 e. The minimum absolute atomic E-state index is 0. The van der Waals surface area contributed by atoms with Gasteiger partial charge in [0.1, 0.15) is 5.82 Å². The van der Waals surface area contributed by atoms with Gasteiger partial charge in [0.05, 0.1) is 12.6 Å². The zero-order valence-electron chi connectivity index (χ0n) is 15.2. The fourth-order valence-electron chi connectivity index (χ4n) is 3.56. The van der Waals surface area contributed by atoms with Gasteiger partial charge in [-0.1, -0.05) is 19.1 Å². The number of carbonyl (C=O) groups excluding carboxylic acids is 1. The van der Waals surface area contributed by atoms with Gasteiger partial charge in [0.25, 0.3) is 0 Å². The van der Waals surface area contributed by atoms with Crippen molar-refractivity contribution in [1.82, 2.24) is 20.0 Å². The first-order valence-corrected chi connectivity index (χ1v) is 8.87. The highest BCUT2D eigenvalue weighted by molar-refractivity contribution is 5.85. The van der Waals surface area contributed by atoms with Gasteiger partial charge in [-0.2, -0.15) is 0 Å². The van der Waals surface area contributed by atoms with Crippen molar-refractivity contribution >= 4 is 30.7 Å². The zero-order chi connectivity index (χ0) is 16.9. The van der Waals surface area contributed by atoms with E-state index in [4.69, 9.17) is 0 Å². The van der Waals surface area contributed by atoms with E-state index in [0.717, 1.165) is 44.8 Å². The van der Waals surface area contributed by atoms with E-state index >= 15 is 0 Å². The third-order valence-corrected chi connectivity index (χ3v) is 5.07. The fraction of sp³-hybridized carbons (Fsp3) is 0.611. The lowest BCUT2D eigenvalue weighted by atomic mass is 10.0. The van der Waals surface area contributed by atoms with Crippen LogP contribution in [0.2, 0.25) is 0 Å². The van der Waals surface area contributed by atoms with Gasteiger partial charge in [-0.3, -0.25) is 9.69 Å². The molecular weight excluding hydrogens is 378 g/mol. The van der Waals surface area contributed by atoms with E-state index in [9.17, 15) is 9.18 Å². The zero-order valence-corrected chi connectivity index (χ0v) is 16.8. The van der Waals surface area contributed by atoms with Gasteiger partial charge in [-0.15, -0.1) is 24.8 Å². The maximum absolute atomic E-state index is 13.6. The summed E-state index contributed by atoms with van der Waals surface area (Å²) in [6.45, 7) is 9.79. The molecule has 26 heavy (non-hydrogen) atoms. The van der Waals surface area contributed by atoms with Crippen LogP contribution in [-0.2, 0) is 4.79 Å². The van der Waals surface area contributed by atoms with E-state index in [1.807, 2.05) is 11.0 Å². The van der Waals surface area contributed by atoms with Crippen LogP contribution in [0, 0.1) is 5.82 Å². The summed E-state index contributed by atoms with van der Waals surface area (Å²) in [5.74, 6) is -0.100. The van der Waals surface area contributed by atoms with Crippen molar-refractivity contribution in [1.29, 1.82) is 0 Å². The lowest BCUT2D eigenvalue weighted by Crippen LogP contribution is -2.54. The summed E-state index contributed by atoms with van der Waals surface area (Å²) in [7, 11) is 0. The van der Waals surface area contributed by atoms with Crippen molar-refractivity contribution in [2.45, 2.75) is 13.0 Å². The minimum atomic E-state index is -0.249. The topological polar surface area (TPSA) is 38.8 Å². The first-order valence-electron chi connectivity index (χ1n) is 8.87. The molecule has 1 aromatic carbocycles. The first kappa shape index (κ1) is 23.1. The van der Waals surface area contributed by atoms with Gasteiger partial charge in [-0.05, 0) is 24.2 Å². The highest BCUT2D eigenvalue weighted by atomic mass is 35.5. The summed E-state index contributed by atoms with van der Waals surface area (Å²) in [4.78, 5) is 19.4. The molecule has 0 saturated carbocycles. The molecule has 2 heterocycles. The van der Waals surface area contributed by atoms with E-state index < -0.39 is 0 Å². The van der Waals surface area contributed by atoms with E-state index in [1.165, 1.54) is 12.1 Å². The normalized spacial score (nSPS) is 21.6. The Labute approximate surface area is 167 Å². The van der Waals surface area contributed by atoms with Crippen molar-refractivity contribution in [3.63, 3.8) is 0 Å². The monoisotopic (exact) mass is 406 g/mol. The molecule has 0 bridgehead atoms. The summed E-state index contributed by atoms with van der Waals surface area (Å²) in [5, 5.41) is 3.32. The van der Waals surface area contributed by atoms with Crippen molar-refractivity contribution in [2.75, 3.05) is 58.9 Å². The molecule has 1 N–H and O–H groups in total. The van der Waals surface area contributed by atoms with Crippen LogP contribution in [-0.4, -0.2) is 79.5 Å². The van der Waals surface area contributed by atoms with E-state index in [0.29, 0.717) is 19.6 Å². The molecule has 8 heteroatoms. The van der Waals surface area contributed by atoms with E-state index in [1.54, 1.807) is 6.07 Å². The Bertz CT molecular complexity index is 570. The summed E-state index contributed by atoms with van der Waals surface area (Å²) in [6.07, 6.45) is 0. The Morgan fingerprint density at radius 2 is 1.85 bits per heavy atom. The number of hydrogen-bond acceptors (Lipinski definition) is 4. The molecule has 2 saturated heterocycles. The SMILES string of the molecule is CCN1CCN(CC(=O)N2CCNCC2c2cccc(F)c2)CC1.Cl.Cl. The van der Waals surface area contributed by atoms with Crippen LogP contribution >= 0.6 is 24.8 Å². The summed E-state index contributed by atoms with van der Waals surface area (Å²) in [6, 6.07) is 6.52. The third kappa shape index (κ3) is 5.79. The number of nitrogens with one attached hydrogen (secondary N) is 1. The molecule has 5 nitrogen and oxygen atoms in total. The van der Waals surface area contributed by atoms with Gasteiger partial charge < -0.3 is 15.1 Å². The molecule has 1 unspecified atom stereocenters. The van der Waals surface area contributed by atoms with E-state index in [2.05, 4.69) is 22.0 Å². The quantitative estimate of drug-likeness (QED) is 0.826. The predicted octanol–water partition coefficient (Wildman–Crippen LogP) is 1.78. The van der Waals surface area contributed by atoms with Gasteiger partial charge in [0.15, 0.2) is 0 Å². The van der Waals surface area contributed by atoms with E-state index in [-0.39, 0.29) is 42.6 Å². The van der Waals surface area contributed by atoms with Crippen LogP contribution in [0.15, 0.2) is 24.3 Å². The van der Waals surface area contributed by atoms with Crippen molar-refractivity contribution < 1.29 is 9.18 Å². The molecule has 0 aromatic heterocycles. The van der Waals surface area contributed by atoms with Gasteiger partial charge >= 0.3 is 0 Å². The van der Waals surface area contributed by atoms with Crippen molar-refractivity contribution in [2.24, 2.45) is 0 Å². The number of amides is 1. The Hall–Kier alpha value is -0.920. The molecule has 1 atom stereocenters. The smallest absolute Gasteiger partial charge is 0.237 e. The summed E-state index contributed by atoms with van der Waals surface area (Å²) in [5.41, 5.74) is 0.867. The Balaban J connectivity index is 0.00000169. The average Bonchev–Trinajstić information content (AvgIpc) is 2.62. The van der Waals surface area contributed by atoms with Crippen molar-refractivity contribution in [3.05, 3.63) is 35.6 Å². The minimum Gasteiger partial charge on any atom is -0.332 e.